The molecule has 0 saturated heterocycles. The highest BCUT2D eigenvalue weighted by Gasteiger charge is 2.32. The van der Waals surface area contributed by atoms with Crippen molar-refractivity contribution in [3.63, 3.8) is 0 Å². The second-order valence-electron chi connectivity index (χ2n) is 8.49. The third-order valence-corrected chi connectivity index (χ3v) is 4.30. The first-order valence-electron chi connectivity index (χ1n) is 9.13. The van der Waals surface area contributed by atoms with Gasteiger partial charge in [0, 0.05) is 0 Å². The fourth-order valence-electron chi connectivity index (χ4n) is 3.64. The number of hydroxylamine groups is 1. The van der Waals surface area contributed by atoms with Crippen LogP contribution >= 0.6 is 0 Å². The molecular formula is C21H37NO. The Morgan fingerprint density at radius 3 is 1.96 bits per heavy atom. The first-order chi connectivity index (χ1) is 10.6. The van der Waals surface area contributed by atoms with Crippen LogP contribution in [0.5, 0.6) is 0 Å². The van der Waals surface area contributed by atoms with E-state index >= 15 is 0 Å². The Kier molecular flexibility index (Phi) is 7.29. The lowest BCUT2D eigenvalue weighted by Gasteiger charge is -2.38. The van der Waals surface area contributed by atoms with Gasteiger partial charge in [0.15, 0.2) is 0 Å². The van der Waals surface area contributed by atoms with Gasteiger partial charge in [-0.3, -0.25) is 4.84 Å². The molecular weight excluding hydrogens is 282 g/mol. The molecule has 1 aromatic carbocycles. The summed E-state index contributed by atoms with van der Waals surface area (Å²) in [7, 11) is 0. The summed E-state index contributed by atoms with van der Waals surface area (Å²) in [5.74, 6) is 1.23. The van der Waals surface area contributed by atoms with Crippen LogP contribution in [-0.4, -0.2) is 5.60 Å². The van der Waals surface area contributed by atoms with Crippen LogP contribution in [0.2, 0.25) is 0 Å². The van der Waals surface area contributed by atoms with Crippen molar-refractivity contribution in [2.45, 2.75) is 85.8 Å². The molecule has 0 unspecified atom stereocenters. The summed E-state index contributed by atoms with van der Waals surface area (Å²) in [6.07, 6.45) is 3.16. The molecule has 0 aliphatic carbocycles. The second kappa shape index (κ2) is 8.30. The van der Waals surface area contributed by atoms with Gasteiger partial charge in [-0.25, -0.2) is 0 Å². The first kappa shape index (κ1) is 20.2. The number of benzene rings is 1. The van der Waals surface area contributed by atoms with E-state index in [1.54, 1.807) is 0 Å². The minimum absolute atomic E-state index is 0.138. The summed E-state index contributed by atoms with van der Waals surface area (Å²) in [5, 5.41) is 0. The average molecular weight is 320 g/mol. The van der Waals surface area contributed by atoms with Gasteiger partial charge < -0.3 is 0 Å². The zero-order valence-corrected chi connectivity index (χ0v) is 16.5. The van der Waals surface area contributed by atoms with Gasteiger partial charge in [0.25, 0.3) is 0 Å². The van der Waals surface area contributed by atoms with Crippen LogP contribution in [0.4, 0.5) is 0 Å². The standard InChI is InChI=1S/C21H37NO/c1-9-18-12-10-11-13-19(18)20(6,7)22-23-21(8,14-16(2)3)15-17(4)5/h10-13,16-17,22H,9,14-15H2,1-8H3. The largest absolute Gasteiger partial charge is 0.295 e. The monoisotopic (exact) mass is 319 g/mol. The van der Waals surface area contributed by atoms with Crippen LogP contribution < -0.4 is 5.48 Å². The maximum atomic E-state index is 6.32. The predicted octanol–water partition coefficient (Wildman–Crippen LogP) is 5.86. The van der Waals surface area contributed by atoms with Crippen LogP contribution in [0.25, 0.3) is 0 Å². The predicted molar refractivity (Wildman–Crippen MR) is 100 cm³/mol. The number of nitrogens with one attached hydrogen (secondary N) is 1. The average Bonchev–Trinajstić information content (AvgIpc) is 2.43. The molecule has 0 aliphatic heterocycles. The summed E-state index contributed by atoms with van der Waals surface area (Å²) in [6, 6.07) is 8.64. The minimum Gasteiger partial charge on any atom is -0.295 e. The lowest BCUT2D eigenvalue weighted by atomic mass is 9.86. The highest BCUT2D eigenvalue weighted by atomic mass is 16.7. The Labute approximate surface area is 144 Å². The smallest absolute Gasteiger partial charge is 0.0874 e. The molecule has 23 heavy (non-hydrogen) atoms. The number of hydrogen-bond donors (Lipinski definition) is 1. The lowest BCUT2D eigenvalue weighted by molar-refractivity contribution is -0.144. The van der Waals surface area contributed by atoms with Gasteiger partial charge in [-0.2, -0.15) is 5.48 Å². The van der Waals surface area contributed by atoms with Crippen molar-refractivity contribution in [1.29, 1.82) is 0 Å². The quantitative estimate of drug-likeness (QED) is 0.576. The molecule has 0 aromatic heterocycles. The summed E-state index contributed by atoms with van der Waals surface area (Å²) in [5.41, 5.74) is 5.75. The molecule has 0 bridgehead atoms. The van der Waals surface area contributed by atoms with E-state index in [4.69, 9.17) is 4.84 Å². The van der Waals surface area contributed by atoms with Crippen LogP contribution in [0.1, 0.15) is 79.4 Å². The van der Waals surface area contributed by atoms with Gasteiger partial charge in [0.2, 0.25) is 0 Å². The van der Waals surface area contributed by atoms with Crippen LogP contribution in [-0.2, 0) is 16.8 Å². The molecule has 0 aliphatic rings. The number of rotatable bonds is 9. The summed E-state index contributed by atoms with van der Waals surface area (Å²) >= 11 is 0. The van der Waals surface area contributed by atoms with E-state index in [2.05, 4.69) is 85.1 Å². The molecule has 1 aromatic rings. The summed E-state index contributed by atoms with van der Waals surface area (Å²) in [6.45, 7) is 17.9. The Balaban J connectivity index is 2.90. The molecule has 2 nitrogen and oxygen atoms in total. The van der Waals surface area contributed by atoms with Gasteiger partial charge >= 0.3 is 0 Å². The van der Waals surface area contributed by atoms with E-state index < -0.39 is 0 Å². The summed E-state index contributed by atoms with van der Waals surface area (Å²) < 4.78 is 0. The van der Waals surface area contributed by atoms with E-state index in [0.717, 1.165) is 19.3 Å². The lowest BCUT2D eigenvalue weighted by Crippen LogP contribution is -2.45. The molecule has 0 atom stereocenters. The first-order valence-corrected chi connectivity index (χ1v) is 9.13. The van der Waals surface area contributed by atoms with Crippen molar-refractivity contribution in [3.05, 3.63) is 35.4 Å². The topological polar surface area (TPSA) is 21.3 Å². The van der Waals surface area contributed by atoms with E-state index in [9.17, 15) is 0 Å². The van der Waals surface area contributed by atoms with Crippen LogP contribution in [0.3, 0.4) is 0 Å². The Morgan fingerprint density at radius 2 is 1.48 bits per heavy atom. The van der Waals surface area contributed by atoms with E-state index in [1.807, 2.05) is 0 Å². The maximum Gasteiger partial charge on any atom is 0.0874 e. The molecule has 0 radical (unpaired) electrons. The molecule has 132 valence electrons. The third kappa shape index (κ3) is 6.27. The van der Waals surface area contributed by atoms with Gasteiger partial charge in [-0.1, -0.05) is 58.9 Å². The molecule has 0 spiro atoms. The van der Waals surface area contributed by atoms with Gasteiger partial charge in [-0.15, -0.1) is 0 Å². The van der Waals surface area contributed by atoms with Crippen molar-refractivity contribution < 1.29 is 4.84 Å². The number of hydrogen-bond acceptors (Lipinski definition) is 2. The normalized spacial score (nSPS) is 13.1. The van der Waals surface area contributed by atoms with Gasteiger partial charge in [-0.05, 0) is 63.0 Å². The van der Waals surface area contributed by atoms with Gasteiger partial charge in [0.05, 0.1) is 11.1 Å². The highest BCUT2D eigenvalue weighted by molar-refractivity contribution is 5.32. The maximum absolute atomic E-state index is 6.32. The van der Waals surface area contributed by atoms with Gasteiger partial charge in [0.1, 0.15) is 0 Å². The molecule has 1 N–H and O–H groups in total. The SMILES string of the molecule is CCc1ccccc1C(C)(C)NOC(C)(CC(C)C)CC(C)C. The molecule has 1 rings (SSSR count). The Hall–Kier alpha value is -0.860. The van der Waals surface area contributed by atoms with Crippen molar-refractivity contribution in [1.82, 2.24) is 5.48 Å². The van der Waals surface area contributed by atoms with Crippen molar-refractivity contribution in [3.8, 4) is 0 Å². The van der Waals surface area contributed by atoms with Crippen molar-refractivity contribution in [2.75, 3.05) is 0 Å². The highest BCUT2D eigenvalue weighted by Crippen LogP contribution is 2.30. The zero-order chi connectivity index (χ0) is 17.7. The van der Waals surface area contributed by atoms with Crippen LogP contribution in [0, 0.1) is 11.8 Å². The Bertz CT molecular complexity index is 466. The van der Waals surface area contributed by atoms with E-state index in [-0.39, 0.29) is 11.1 Å². The van der Waals surface area contributed by atoms with Crippen LogP contribution in [0.15, 0.2) is 24.3 Å². The summed E-state index contributed by atoms with van der Waals surface area (Å²) in [4.78, 5) is 6.32. The van der Waals surface area contributed by atoms with E-state index in [0.29, 0.717) is 11.8 Å². The Morgan fingerprint density at radius 1 is 0.957 bits per heavy atom. The van der Waals surface area contributed by atoms with E-state index in [1.165, 1.54) is 11.1 Å². The second-order valence-corrected chi connectivity index (χ2v) is 8.49. The molecule has 0 amide bonds. The third-order valence-electron chi connectivity index (χ3n) is 4.30. The molecule has 2 heteroatoms. The van der Waals surface area contributed by atoms with Crippen molar-refractivity contribution in [2.24, 2.45) is 11.8 Å². The van der Waals surface area contributed by atoms with Crippen molar-refractivity contribution >= 4 is 0 Å². The number of aryl methyl sites for hydroxylation is 1. The molecule has 0 fully saturated rings. The minimum atomic E-state index is -0.207. The fourth-order valence-corrected chi connectivity index (χ4v) is 3.64. The fraction of sp³-hybridized carbons (Fsp3) is 0.714. The zero-order valence-electron chi connectivity index (χ0n) is 16.5. The molecule has 0 heterocycles. The molecule has 0 saturated carbocycles.